The number of nitrogens with zero attached hydrogens (tertiary/aromatic N) is 3. The SMILES string of the molecule is CN1CCCN(Cc2nc(Cl)ccc2Cl)CC1. The summed E-state index contributed by atoms with van der Waals surface area (Å²) in [6.07, 6.45) is 1.19. The predicted octanol–water partition coefficient (Wildman–Crippen LogP) is 2.53. The summed E-state index contributed by atoms with van der Waals surface area (Å²) in [5.74, 6) is 0. The Balaban J connectivity index is 2.02. The van der Waals surface area contributed by atoms with Gasteiger partial charge in [-0.25, -0.2) is 4.98 Å². The van der Waals surface area contributed by atoms with Gasteiger partial charge in [-0.3, -0.25) is 4.90 Å². The van der Waals surface area contributed by atoms with Crippen LogP contribution in [0.2, 0.25) is 10.2 Å². The maximum atomic E-state index is 6.13. The average molecular weight is 274 g/mol. The van der Waals surface area contributed by atoms with Crippen molar-refractivity contribution in [2.24, 2.45) is 0 Å². The molecule has 0 saturated carbocycles. The van der Waals surface area contributed by atoms with E-state index in [0.717, 1.165) is 38.4 Å². The van der Waals surface area contributed by atoms with Gasteiger partial charge in [-0.1, -0.05) is 23.2 Å². The lowest BCUT2D eigenvalue weighted by Gasteiger charge is -2.20. The van der Waals surface area contributed by atoms with Crippen LogP contribution >= 0.6 is 23.2 Å². The van der Waals surface area contributed by atoms with E-state index in [9.17, 15) is 0 Å². The zero-order chi connectivity index (χ0) is 12.3. The second-order valence-electron chi connectivity index (χ2n) is 4.50. The Hall–Kier alpha value is -0.350. The van der Waals surface area contributed by atoms with Crippen molar-refractivity contribution in [1.82, 2.24) is 14.8 Å². The van der Waals surface area contributed by atoms with Gasteiger partial charge in [-0.2, -0.15) is 0 Å². The van der Waals surface area contributed by atoms with Crippen molar-refractivity contribution in [3.8, 4) is 0 Å². The summed E-state index contributed by atoms with van der Waals surface area (Å²) in [5, 5.41) is 1.21. The fourth-order valence-corrected chi connectivity index (χ4v) is 2.37. The molecule has 1 aliphatic rings. The topological polar surface area (TPSA) is 19.4 Å². The van der Waals surface area contributed by atoms with E-state index in [1.54, 1.807) is 6.07 Å². The molecule has 0 spiro atoms. The summed E-state index contributed by atoms with van der Waals surface area (Å²) in [6.45, 7) is 5.19. The largest absolute Gasteiger partial charge is 0.305 e. The molecule has 1 fully saturated rings. The van der Waals surface area contributed by atoms with Crippen molar-refractivity contribution in [2.45, 2.75) is 13.0 Å². The molecule has 0 amide bonds. The van der Waals surface area contributed by atoms with Crippen LogP contribution in [0.3, 0.4) is 0 Å². The first-order chi connectivity index (χ1) is 8.15. The molecule has 0 unspecified atom stereocenters. The van der Waals surface area contributed by atoms with Gasteiger partial charge >= 0.3 is 0 Å². The lowest BCUT2D eigenvalue weighted by Crippen LogP contribution is -2.29. The molecular formula is C12H17Cl2N3. The molecule has 0 aromatic carbocycles. The maximum Gasteiger partial charge on any atom is 0.129 e. The first kappa shape index (κ1) is 13.1. The van der Waals surface area contributed by atoms with Crippen molar-refractivity contribution in [2.75, 3.05) is 33.2 Å². The predicted molar refractivity (Wildman–Crippen MR) is 71.6 cm³/mol. The number of halogens is 2. The average Bonchev–Trinajstić information content (AvgIpc) is 2.49. The normalized spacial score (nSPS) is 19.2. The van der Waals surface area contributed by atoms with Crippen molar-refractivity contribution in [1.29, 1.82) is 0 Å². The maximum absolute atomic E-state index is 6.13. The van der Waals surface area contributed by atoms with Gasteiger partial charge in [0.15, 0.2) is 0 Å². The van der Waals surface area contributed by atoms with Crippen molar-refractivity contribution in [3.63, 3.8) is 0 Å². The van der Waals surface area contributed by atoms with E-state index in [2.05, 4.69) is 21.8 Å². The monoisotopic (exact) mass is 273 g/mol. The Kier molecular flexibility index (Phi) is 4.62. The highest BCUT2D eigenvalue weighted by Crippen LogP contribution is 2.19. The summed E-state index contributed by atoms with van der Waals surface area (Å²) in [7, 11) is 2.16. The summed E-state index contributed by atoms with van der Waals surface area (Å²) < 4.78 is 0. The van der Waals surface area contributed by atoms with Crippen LogP contribution in [0.4, 0.5) is 0 Å². The minimum atomic E-state index is 0.510. The number of aromatic nitrogens is 1. The van der Waals surface area contributed by atoms with Gasteiger partial charge in [0.25, 0.3) is 0 Å². The van der Waals surface area contributed by atoms with Gasteiger partial charge in [0, 0.05) is 19.6 Å². The zero-order valence-corrected chi connectivity index (χ0v) is 11.5. The Labute approximate surface area is 112 Å². The van der Waals surface area contributed by atoms with E-state index < -0.39 is 0 Å². The third-order valence-corrected chi connectivity index (χ3v) is 3.62. The van der Waals surface area contributed by atoms with Crippen LogP contribution in [0.15, 0.2) is 12.1 Å². The molecule has 3 nitrogen and oxygen atoms in total. The van der Waals surface area contributed by atoms with Gasteiger partial charge < -0.3 is 4.90 Å². The minimum Gasteiger partial charge on any atom is -0.305 e. The lowest BCUT2D eigenvalue weighted by atomic mass is 10.3. The molecule has 0 N–H and O–H groups in total. The van der Waals surface area contributed by atoms with Crippen molar-refractivity contribution >= 4 is 23.2 Å². The summed E-state index contributed by atoms with van der Waals surface area (Å²) in [5.41, 5.74) is 0.878. The summed E-state index contributed by atoms with van der Waals surface area (Å²) >= 11 is 12.0. The number of pyridine rings is 1. The molecular weight excluding hydrogens is 257 g/mol. The molecule has 0 aliphatic carbocycles. The number of hydrogen-bond acceptors (Lipinski definition) is 3. The molecule has 17 heavy (non-hydrogen) atoms. The van der Waals surface area contributed by atoms with Gasteiger partial charge in [0.1, 0.15) is 5.15 Å². The highest BCUT2D eigenvalue weighted by Gasteiger charge is 2.14. The summed E-state index contributed by atoms with van der Waals surface area (Å²) in [6, 6.07) is 3.54. The highest BCUT2D eigenvalue weighted by atomic mass is 35.5. The van der Waals surface area contributed by atoms with Crippen LogP contribution in [0, 0.1) is 0 Å². The van der Waals surface area contributed by atoms with Crippen LogP contribution in [0.1, 0.15) is 12.1 Å². The van der Waals surface area contributed by atoms with Gasteiger partial charge in [0.2, 0.25) is 0 Å². The number of likely N-dealkylation sites (N-methyl/N-ethyl adjacent to an activating group) is 1. The first-order valence-electron chi connectivity index (χ1n) is 5.87. The van der Waals surface area contributed by atoms with Crippen molar-refractivity contribution in [3.05, 3.63) is 28.0 Å². The third kappa shape index (κ3) is 3.81. The molecule has 0 atom stereocenters. The van der Waals surface area contributed by atoms with E-state index in [-0.39, 0.29) is 0 Å². The van der Waals surface area contributed by atoms with Gasteiger partial charge in [0.05, 0.1) is 10.7 Å². The Bertz CT molecular complexity index is 384. The van der Waals surface area contributed by atoms with E-state index >= 15 is 0 Å². The summed E-state index contributed by atoms with van der Waals surface area (Å²) in [4.78, 5) is 9.03. The van der Waals surface area contributed by atoms with E-state index in [1.807, 2.05) is 6.07 Å². The Morgan fingerprint density at radius 1 is 1.18 bits per heavy atom. The molecule has 2 heterocycles. The molecule has 94 valence electrons. The number of rotatable bonds is 2. The quantitative estimate of drug-likeness (QED) is 0.772. The number of hydrogen-bond donors (Lipinski definition) is 0. The molecule has 5 heteroatoms. The first-order valence-corrected chi connectivity index (χ1v) is 6.62. The van der Waals surface area contributed by atoms with Crippen LogP contribution in [-0.4, -0.2) is 48.0 Å². The minimum absolute atomic E-state index is 0.510. The third-order valence-electron chi connectivity index (χ3n) is 3.07. The van der Waals surface area contributed by atoms with Crippen LogP contribution in [0.5, 0.6) is 0 Å². The molecule has 1 aromatic heterocycles. The molecule has 0 radical (unpaired) electrons. The highest BCUT2D eigenvalue weighted by molar-refractivity contribution is 6.32. The lowest BCUT2D eigenvalue weighted by molar-refractivity contribution is 0.266. The Morgan fingerprint density at radius 2 is 2.00 bits per heavy atom. The standard InChI is InChI=1S/C12H17Cl2N3/c1-16-5-2-6-17(8-7-16)9-11-10(13)3-4-12(14)15-11/h3-4H,2,5-9H2,1H3. The van der Waals surface area contributed by atoms with Crippen LogP contribution in [0.25, 0.3) is 0 Å². The molecule has 0 bridgehead atoms. The molecule has 2 rings (SSSR count). The van der Waals surface area contributed by atoms with Gasteiger partial charge in [-0.15, -0.1) is 0 Å². The molecule has 1 saturated heterocycles. The Morgan fingerprint density at radius 3 is 2.82 bits per heavy atom. The second-order valence-corrected chi connectivity index (χ2v) is 5.29. The van der Waals surface area contributed by atoms with E-state index in [4.69, 9.17) is 23.2 Å². The van der Waals surface area contributed by atoms with E-state index in [1.165, 1.54) is 6.42 Å². The van der Waals surface area contributed by atoms with Crippen LogP contribution < -0.4 is 0 Å². The fourth-order valence-electron chi connectivity index (χ4n) is 2.04. The van der Waals surface area contributed by atoms with E-state index in [0.29, 0.717) is 10.2 Å². The molecule has 1 aliphatic heterocycles. The second kappa shape index (κ2) is 6.01. The molecule has 1 aromatic rings. The zero-order valence-electron chi connectivity index (χ0n) is 9.99. The fraction of sp³-hybridized carbons (Fsp3) is 0.583. The van der Waals surface area contributed by atoms with Crippen LogP contribution in [-0.2, 0) is 6.54 Å². The smallest absolute Gasteiger partial charge is 0.129 e. The van der Waals surface area contributed by atoms with Crippen molar-refractivity contribution < 1.29 is 0 Å². The van der Waals surface area contributed by atoms with Gasteiger partial charge in [-0.05, 0) is 38.7 Å².